The Kier molecular flexibility index (Phi) is 3.67. The van der Waals surface area contributed by atoms with Crippen LogP contribution in [0.3, 0.4) is 0 Å². The number of benzene rings is 1. The van der Waals surface area contributed by atoms with Crippen molar-refractivity contribution >= 4 is 0 Å². The summed E-state index contributed by atoms with van der Waals surface area (Å²) in [5.74, 6) is 2.22. The van der Waals surface area contributed by atoms with Crippen LogP contribution >= 0.6 is 0 Å². The van der Waals surface area contributed by atoms with Gasteiger partial charge in [-0.05, 0) is 44.1 Å². The van der Waals surface area contributed by atoms with Crippen LogP contribution in [0.4, 0.5) is 0 Å². The third kappa shape index (κ3) is 2.26. The van der Waals surface area contributed by atoms with E-state index in [9.17, 15) is 0 Å². The van der Waals surface area contributed by atoms with E-state index in [-0.39, 0.29) is 5.54 Å². The summed E-state index contributed by atoms with van der Waals surface area (Å²) in [6, 6.07) is 6.33. The highest BCUT2D eigenvalue weighted by Gasteiger charge is 2.40. The molecule has 2 N–H and O–H groups in total. The maximum atomic E-state index is 6.75. The largest absolute Gasteiger partial charge is 0.496 e. The van der Waals surface area contributed by atoms with Gasteiger partial charge in [0.25, 0.3) is 0 Å². The third-order valence-electron chi connectivity index (χ3n) is 4.54. The van der Waals surface area contributed by atoms with Crippen molar-refractivity contribution in [2.45, 2.75) is 45.6 Å². The molecule has 1 saturated carbocycles. The molecule has 2 nitrogen and oxygen atoms in total. The molecule has 1 aliphatic carbocycles. The van der Waals surface area contributed by atoms with E-state index in [1.165, 1.54) is 24.0 Å². The minimum Gasteiger partial charge on any atom is -0.496 e. The van der Waals surface area contributed by atoms with Gasteiger partial charge in [-0.15, -0.1) is 0 Å². The van der Waals surface area contributed by atoms with Gasteiger partial charge in [0, 0.05) is 11.1 Å². The second-order valence-electron chi connectivity index (χ2n) is 6.02. The zero-order valence-corrected chi connectivity index (χ0v) is 12.0. The van der Waals surface area contributed by atoms with E-state index in [2.05, 4.69) is 32.9 Å². The summed E-state index contributed by atoms with van der Waals surface area (Å²) < 4.78 is 5.51. The Bertz CT molecular complexity index is 429. The summed E-state index contributed by atoms with van der Waals surface area (Å²) in [5, 5.41) is 0. The molecule has 1 aromatic carbocycles. The zero-order valence-electron chi connectivity index (χ0n) is 12.0. The molecule has 2 heteroatoms. The van der Waals surface area contributed by atoms with E-state index in [4.69, 9.17) is 10.5 Å². The summed E-state index contributed by atoms with van der Waals surface area (Å²) in [6.07, 6.45) is 3.46. The van der Waals surface area contributed by atoms with Crippen LogP contribution in [-0.4, -0.2) is 7.11 Å². The molecule has 0 saturated heterocycles. The van der Waals surface area contributed by atoms with Crippen molar-refractivity contribution in [3.05, 3.63) is 29.3 Å². The normalized spacial score (nSPS) is 32.3. The highest BCUT2D eigenvalue weighted by atomic mass is 16.5. The first-order valence-electron chi connectivity index (χ1n) is 6.91. The first-order chi connectivity index (χ1) is 8.47. The van der Waals surface area contributed by atoms with Crippen LogP contribution in [0, 0.1) is 18.8 Å². The predicted molar refractivity (Wildman–Crippen MR) is 75.8 cm³/mol. The van der Waals surface area contributed by atoms with E-state index >= 15 is 0 Å². The molecule has 0 aromatic heterocycles. The minimum absolute atomic E-state index is 0.232. The fourth-order valence-electron chi connectivity index (χ4n) is 3.25. The van der Waals surface area contributed by atoms with E-state index in [0.29, 0.717) is 5.92 Å². The number of methoxy groups -OCH3 is 1. The maximum absolute atomic E-state index is 6.75. The van der Waals surface area contributed by atoms with Crippen LogP contribution in [-0.2, 0) is 5.54 Å². The predicted octanol–water partition coefficient (Wildman–Crippen LogP) is 3.61. The maximum Gasteiger partial charge on any atom is 0.123 e. The lowest BCUT2D eigenvalue weighted by Crippen LogP contribution is -2.46. The van der Waals surface area contributed by atoms with Crippen LogP contribution < -0.4 is 10.5 Å². The molecule has 0 heterocycles. The fraction of sp³-hybridized carbons (Fsp3) is 0.625. The van der Waals surface area contributed by atoms with Crippen molar-refractivity contribution in [1.82, 2.24) is 0 Å². The highest BCUT2D eigenvalue weighted by Crippen LogP contribution is 2.44. The van der Waals surface area contributed by atoms with Crippen molar-refractivity contribution in [1.29, 1.82) is 0 Å². The van der Waals surface area contributed by atoms with Gasteiger partial charge in [-0.25, -0.2) is 0 Å². The summed E-state index contributed by atoms with van der Waals surface area (Å²) in [5.41, 5.74) is 8.96. The molecule has 0 amide bonds. The van der Waals surface area contributed by atoms with Crippen LogP contribution in [0.1, 0.15) is 44.2 Å². The van der Waals surface area contributed by atoms with Crippen molar-refractivity contribution in [3.63, 3.8) is 0 Å². The van der Waals surface area contributed by atoms with E-state index in [1.54, 1.807) is 7.11 Å². The van der Waals surface area contributed by atoms with Gasteiger partial charge in [0.2, 0.25) is 0 Å². The van der Waals surface area contributed by atoms with E-state index in [0.717, 1.165) is 18.1 Å². The Morgan fingerprint density at radius 1 is 1.33 bits per heavy atom. The Hall–Kier alpha value is -1.02. The fourth-order valence-corrected chi connectivity index (χ4v) is 3.25. The highest BCUT2D eigenvalue weighted by molar-refractivity contribution is 5.42. The molecule has 100 valence electrons. The molecule has 3 atom stereocenters. The Morgan fingerprint density at radius 2 is 2.06 bits per heavy atom. The van der Waals surface area contributed by atoms with Gasteiger partial charge in [-0.2, -0.15) is 0 Å². The van der Waals surface area contributed by atoms with Crippen LogP contribution in [0.15, 0.2) is 18.2 Å². The summed E-state index contributed by atoms with van der Waals surface area (Å²) >= 11 is 0. The topological polar surface area (TPSA) is 35.2 Å². The van der Waals surface area contributed by atoms with Gasteiger partial charge in [-0.3, -0.25) is 0 Å². The Morgan fingerprint density at radius 3 is 2.67 bits per heavy atom. The van der Waals surface area contributed by atoms with Crippen LogP contribution in [0.2, 0.25) is 0 Å². The molecule has 0 bridgehead atoms. The van der Waals surface area contributed by atoms with Gasteiger partial charge in [0.05, 0.1) is 7.11 Å². The lowest BCUT2D eigenvalue weighted by molar-refractivity contribution is 0.160. The number of hydrogen-bond acceptors (Lipinski definition) is 2. The number of ether oxygens (including phenoxy) is 1. The monoisotopic (exact) mass is 247 g/mol. The molecule has 1 aromatic rings. The second-order valence-corrected chi connectivity index (χ2v) is 6.02. The van der Waals surface area contributed by atoms with Gasteiger partial charge >= 0.3 is 0 Å². The molecule has 1 aliphatic rings. The Balaban J connectivity index is 2.43. The number of hydrogen-bond donors (Lipinski definition) is 1. The van der Waals surface area contributed by atoms with Gasteiger partial charge in [0.1, 0.15) is 5.75 Å². The number of nitrogens with two attached hydrogens (primary N) is 1. The average Bonchev–Trinajstić information content (AvgIpc) is 2.34. The van der Waals surface area contributed by atoms with Gasteiger partial charge in [0.15, 0.2) is 0 Å². The lowest BCUT2D eigenvalue weighted by Gasteiger charge is -2.43. The standard InChI is InChI=1S/C16H25NO/c1-11-5-6-15(18-4)14(10-11)16(17)8-7-12(2)9-13(16)3/h5-6,10,12-13H,7-9,17H2,1-4H3. The lowest BCUT2D eigenvalue weighted by atomic mass is 9.67. The first kappa shape index (κ1) is 13.4. The molecule has 18 heavy (non-hydrogen) atoms. The smallest absolute Gasteiger partial charge is 0.123 e. The van der Waals surface area contributed by atoms with E-state index < -0.39 is 0 Å². The quantitative estimate of drug-likeness (QED) is 0.866. The molecule has 0 spiro atoms. The van der Waals surface area contributed by atoms with Crippen molar-refractivity contribution in [2.75, 3.05) is 7.11 Å². The van der Waals surface area contributed by atoms with E-state index in [1.807, 2.05) is 6.07 Å². The molecule has 3 unspecified atom stereocenters. The molecular formula is C16H25NO. The molecule has 1 fully saturated rings. The van der Waals surface area contributed by atoms with Gasteiger partial charge in [-0.1, -0.05) is 31.5 Å². The summed E-state index contributed by atoms with van der Waals surface area (Å²) in [6.45, 7) is 6.71. The average molecular weight is 247 g/mol. The SMILES string of the molecule is COc1ccc(C)cc1C1(N)CCC(C)CC1C. The van der Waals surface area contributed by atoms with Crippen molar-refractivity contribution < 1.29 is 4.74 Å². The summed E-state index contributed by atoms with van der Waals surface area (Å²) in [4.78, 5) is 0. The third-order valence-corrected chi connectivity index (χ3v) is 4.54. The number of rotatable bonds is 2. The van der Waals surface area contributed by atoms with Crippen molar-refractivity contribution in [3.8, 4) is 5.75 Å². The van der Waals surface area contributed by atoms with Crippen molar-refractivity contribution in [2.24, 2.45) is 17.6 Å². The van der Waals surface area contributed by atoms with Gasteiger partial charge < -0.3 is 10.5 Å². The molecule has 0 aliphatic heterocycles. The van der Waals surface area contributed by atoms with Crippen LogP contribution in [0.5, 0.6) is 5.75 Å². The summed E-state index contributed by atoms with van der Waals surface area (Å²) in [7, 11) is 1.73. The zero-order chi connectivity index (χ0) is 13.3. The minimum atomic E-state index is -0.232. The molecule has 0 radical (unpaired) electrons. The molecule has 2 rings (SSSR count). The second kappa shape index (κ2) is 4.93. The first-order valence-corrected chi connectivity index (χ1v) is 6.91. The Labute approximate surface area is 111 Å². The molecular weight excluding hydrogens is 222 g/mol. The number of aryl methyl sites for hydroxylation is 1. The van der Waals surface area contributed by atoms with Crippen LogP contribution in [0.25, 0.3) is 0 Å².